The molecule has 0 aromatic carbocycles. The second kappa shape index (κ2) is 7.51. The van der Waals surface area contributed by atoms with Gasteiger partial charge in [0.05, 0.1) is 0 Å². The van der Waals surface area contributed by atoms with Crippen LogP contribution in [0.2, 0.25) is 0 Å². The fourth-order valence-electron chi connectivity index (χ4n) is 1.85. The first-order valence-electron chi connectivity index (χ1n) is 6.81. The van der Waals surface area contributed by atoms with E-state index in [9.17, 15) is 8.42 Å². The second-order valence-electron chi connectivity index (χ2n) is 4.71. The molecule has 0 radical (unpaired) electrons. The molecule has 116 valence electrons. The maximum absolute atomic E-state index is 12.5. The number of hydrogen-bond donors (Lipinski definition) is 1. The summed E-state index contributed by atoms with van der Waals surface area (Å²) in [5, 5.41) is 7.12. The van der Waals surface area contributed by atoms with Crippen LogP contribution in [0.5, 0.6) is 0 Å². The van der Waals surface area contributed by atoms with Gasteiger partial charge in [-0.15, -0.1) is 22.7 Å². The van der Waals surface area contributed by atoms with Crippen LogP contribution in [-0.4, -0.2) is 32.9 Å². The van der Waals surface area contributed by atoms with Gasteiger partial charge in [-0.1, -0.05) is 13.0 Å². The zero-order valence-electron chi connectivity index (χ0n) is 12.2. The lowest BCUT2D eigenvalue weighted by Gasteiger charge is -2.15. The van der Waals surface area contributed by atoms with Crippen LogP contribution in [0.4, 0.5) is 0 Å². The van der Waals surface area contributed by atoms with Gasteiger partial charge in [0.2, 0.25) is 0 Å². The molecule has 21 heavy (non-hydrogen) atoms. The van der Waals surface area contributed by atoms with Crippen LogP contribution < -0.4 is 5.32 Å². The maximum Gasteiger partial charge on any atom is 0.252 e. The summed E-state index contributed by atoms with van der Waals surface area (Å²) in [5.41, 5.74) is 1.02. The number of rotatable bonds is 8. The number of thiophene rings is 2. The van der Waals surface area contributed by atoms with Crippen LogP contribution in [0.15, 0.2) is 33.2 Å². The molecular weight excluding hydrogens is 324 g/mol. The average Bonchev–Trinajstić information content (AvgIpc) is 3.13. The highest BCUT2D eigenvalue weighted by Crippen LogP contribution is 2.23. The average molecular weight is 345 g/mol. The summed E-state index contributed by atoms with van der Waals surface area (Å²) < 4.78 is 26.9. The molecule has 0 spiro atoms. The van der Waals surface area contributed by atoms with E-state index in [-0.39, 0.29) is 0 Å². The molecule has 0 saturated heterocycles. The quantitative estimate of drug-likeness (QED) is 0.801. The van der Waals surface area contributed by atoms with Crippen molar-refractivity contribution in [3.63, 3.8) is 0 Å². The largest absolute Gasteiger partial charge is 0.313 e. The Bertz CT molecular complexity index is 648. The van der Waals surface area contributed by atoms with Crippen LogP contribution in [0.1, 0.15) is 17.4 Å². The smallest absolute Gasteiger partial charge is 0.252 e. The fourth-order valence-corrected chi connectivity index (χ4v) is 5.13. The highest BCUT2D eigenvalue weighted by atomic mass is 32.2. The van der Waals surface area contributed by atoms with Crippen molar-refractivity contribution < 1.29 is 8.42 Å². The Hall–Kier alpha value is -0.730. The Balaban J connectivity index is 2.00. The van der Waals surface area contributed by atoms with Gasteiger partial charge in [0.25, 0.3) is 10.0 Å². The zero-order chi connectivity index (χ0) is 15.3. The van der Waals surface area contributed by atoms with Gasteiger partial charge in [-0.25, -0.2) is 8.42 Å². The highest BCUT2D eigenvalue weighted by molar-refractivity contribution is 7.91. The van der Waals surface area contributed by atoms with Crippen LogP contribution in [-0.2, 0) is 23.0 Å². The van der Waals surface area contributed by atoms with E-state index < -0.39 is 10.0 Å². The number of likely N-dealkylation sites (N-methyl/N-ethyl adjacent to an activating group) is 1. The number of hydrogen-bond acceptors (Lipinski definition) is 5. The molecule has 0 aliphatic rings. The molecule has 0 fully saturated rings. The Morgan fingerprint density at radius 2 is 2.14 bits per heavy atom. The maximum atomic E-state index is 12.5. The zero-order valence-corrected chi connectivity index (χ0v) is 14.7. The lowest BCUT2D eigenvalue weighted by atomic mass is 10.3. The Morgan fingerprint density at radius 1 is 1.33 bits per heavy atom. The van der Waals surface area contributed by atoms with Crippen LogP contribution >= 0.6 is 22.7 Å². The van der Waals surface area contributed by atoms with Gasteiger partial charge in [-0.2, -0.15) is 4.31 Å². The monoisotopic (exact) mass is 344 g/mol. The molecule has 0 amide bonds. The van der Waals surface area contributed by atoms with Crippen LogP contribution in [0, 0.1) is 0 Å². The molecule has 2 aromatic rings. The van der Waals surface area contributed by atoms with Crippen molar-refractivity contribution in [1.82, 2.24) is 9.62 Å². The molecule has 0 saturated carbocycles. The molecule has 1 N–H and O–H groups in total. The minimum Gasteiger partial charge on any atom is -0.313 e. The molecule has 0 bridgehead atoms. The van der Waals surface area contributed by atoms with Gasteiger partial charge in [-0.3, -0.25) is 0 Å². The first-order valence-corrected chi connectivity index (χ1v) is 10.0. The van der Waals surface area contributed by atoms with Gasteiger partial charge < -0.3 is 5.32 Å². The molecule has 2 rings (SSSR count). The second-order valence-corrected chi connectivity index (χ2v) is 8.93. The van der Waals surface area contributed by atoms with Gasteiger partial charge in [0.1, 0.15) is 4.21 Å². The number of sulfonamides is 1. The summed E-state index contributed by atoms with van der Waals surface area (Å²) in [6, 6.07) is 5.79. The molecule has 7 heteroatoms. The lowest BCUT2D eigenvalue weighted by Crippen LogP contribution is -2.28. The minimum absolute atomic E-state index is 0.420. The van der Waals surface area contributed by atoms with Gasteiger partial charge in [0.15, 0.2) is 0 Å². The van der Waals surface area contributed by atoms with Crippen LogP contribution in [0.25, 0.3) is 0 Å². The topological polar surface area (TPSA) is 49.4 Å². The first kappa shape index (κ1) is 16.6. The van der Waals surface area contributed by atoms with Crippen molar-refractivity contribution >= 4 is 32.7 Å². The van der Waals surface area contributed by atoms with Crippen molar-refractivity contribution in [2.75, 3.05) is 20.1 Å². The summed E-state index contributed by atoms with van der Waals surface area (Å²) >= 11 is 2.95. The van der Waals surface area contributed by atoms with E-state index in [4.69, 9.17) is 0 Å². The van der Waals surface area contributed by atoms with E-state index >= 15 is 0 Å². The number of nitrogens with zero attached hydrogens (tertiary/aromatic N) is 1. The predicted octanol–water partition coefficient (Wildman–Crippen LogP) is 2.78. The summed E-state index contributed by atoms with van der Waals surface area (Å²) in [6.45, 7) is 4.12. The van der Waals surface area contributed by atoms with E-state index in [0.717, 1.165) is 18.5 Å². The molecular formula is C14H20N2O2S3. The molecule has 2 aromatic heterocycles. The van der Waals surface area contributed by atoms with Gasteiger partial charge in [-0.05, 0) is 41.4 Å². The summed E-state index contributed by atoms with van der Waals surface area (Å²) in [5.74, 6) is 0. The highest BCUT2D eigenvalue weighted by Gasteiger charge is 2.22. The SMILES string of the molecule is CCNCc1csc(S(=O)(=O)N(C)CCc2cccs2)c1. The van der Waals surface area contributed by atoms with Gasteiger partial charge in [0, 0.05) is 25.0 Å². The molecule has 4 nitrogen and oxygen atoms in total. The fraction of sp³-hybridized carbons (Fsp3) is 0.429. The summed E-state index contributed by atoms with van der Waals surface area (Å²) in [7, 11) is -1.72. The van der Waals surface area contributed by atoms with E-state index in [1.807, 2.05) is 29.8 Å². The summed E-state index contributed by atoms with van der Waals surface area (Å²) in [6.07, 6.45) is 0.753. The van der Waals surface area contributed by atoms with E-state index in [0.29, 0.717) is 17.3 Å². The van der Waals surface area contributed by atoms with Crippen molar-refractivity contribution in [2.24, 2.45) is 0 Å². The molecule has 0 aliphatic carbocycles. The van der Waals surface area contributed by atoms with E-state index in [1.54, 1.807) is 24.5 Å². The Labute approximate surface area is 134 Å². The van der Waals surface area contributed by atoms with Crippen molar-refractivity contribution in [1.29, 1.82) is 0 Å². The first-order chi connectivity index (χ1) is 10.0. The standard InChI is InChI=1S/C14H20N2O2S3/c1-3-15-10-12-9-14(20-11-12)21(17,18)16(2)7-6-13-5-4-8-19-13/h4-5,8-9,11,15H,3,6-7,10H2,1-2H3. The van der Waals surface area contributed by atoms with Crippen molar-refractivity contribution in [2.45, 2.75) is 24.1 Å². The third-order valence-electron chi connectivity index (χ3n) is 3.13. The molecule has 0 unspecified atom stereocenters. The third-order valence-corrected chi connectivity index (χ3v) is 7.38. The van der Waals surface area contributed by atoms with E-state index in [2.05, 4.69) is 5.32 Å². The Morgan fingerprint density at radius 3 is 2.81 bits per heavy atom. The minimum atomic E-state index is -3.37. The lowest BCUT2D eigenvalue weighted by molar-refractivity contribution is 0.475. The van der Waals surface area contributed by atoms with E-state index in [1.165, 1.54) is 20.5 Å². The number of nitrogens with one attached hydrogen (secondary N) is 1. The molecule has 0 atom stereocenters. The van der Waals surface area contributed by atoms with Crippen molar-refractivity contribution in [3.8, 4) is 0 Å². The summed E-state index contributed by atoms with van der Waals surface area (Å²) in [4.78, 5) is 1.20. The normalized spacial score (nSPS) is 12.1. The van der Waals surface area contributed by atoms with Crippen LogP contribution in [0.3, 0.4) is 0 Å². The third kappa shape index (κ3) is 4.37. The molecule has 0 aliphatic heterocycles. The predicted molar refractivity (Wildman–Crippen MR) is 89.5 cm³/mol. The van der Waals surface area contributed by atoms with Crippen molar-refractivity contribution in [3.05, 3.63) is 39.4 Å². The Kier molecular flexibility index (Phi) is 5.95. The van der Waals surface area contributed by atoms with Gasteiger partial charge >= 0.3 is 0 Å². The molecule has 2 heterocycles.